The van der Waals surface area contributed by atoms with Gasteiger partial charge in [-0.2, -0.15) is 0 Å². The number of unbranched alkanes of at least 4 members (excludes halogenated alkanes) is 17. The Kier molecular flexibility index (Phi) is 38.3. The summed E-state index contributed by atoms with van der Waals surface area (Å²) in [5, 5.41) is 50.3. The van der Waals surface area contributed by atoms with E-state index in [1.54, 1.807) is 0 Å². The van der Waals surface area contributed by atoms with Crippen LogP contribution in [0.15, 0.2) is 72.9 Å². The van der Waals surface area contributed by atoms with E-state index in [0.717, 1.165) is 103 Å². The first-order chi connectivity index (χ1) is 31.0. The number of aliphatic hydroxyl groups excluding tert-OH is 5. The maximum atomic E-state index is 12.8. The Morgan fingerprint density at radius 1 is 0.516 bits per heavy atom. The number of hydrogen-bond donors (Lipinski definition) is 6. The molecule has 6 atom stereocenters. The molecule has 0 aromatic rings. The molecule has 0 spiro atoms. The molecule has 12 nitrogen and oxygen atoms in total. The van der Waals surface area contributed by atoms with Crippen LogP contribution in [-0.4, -0.2) is 98.9 Å². The summed E-state index contributed by atoms with van der Waals surface area (Å²) in [5.41, 5.74) is 0. The van der Waals surface area contributed by atoms with Crippen molar-refractivity contribution in [1.29, 1.82) is 0 Å². The number of phosphoric acid groups is 1. The third-order valence-corrected chi connectivity index (χ3v) is 12.0. The highest BCUT2D eigenvalue weighted by atomic mass is 31.2. The number of hydrogen-bond acceptors (Lipinski definition) is 11. The van der Waals surface area contributed by atoms with E-state index < -0.39 is 63.1 Å². The molecule has 6 unspecified atom stereocenters. The lowest BCUT2D eigenvalue weighted by Crippen LogP contribution is -2.64. The van der Waals surface area contributed by atoms with Crippen molar-refractivity contribution in [2.75, 3.05) is 19.8 Å². The molecule has 1 rings (SSSR count). The van der Waals surface area contributed by atoms with Gasteiger partial charge in [0, 0.05) is 13.0 Å². The van der Waals surface area contributed by atoms with E-state index in [0.29, 0.717) is 13.0 Å². The highest BCUT2D eigenvalue weighted by molar-refractivity contribution is 7.47. The van der Waals surface area contributed by atoms with Crippen LogP contribution < -0.4 is 0 Å². The van der Waals surface area contributed by atoms with Gasteiger partial charge < -0.3 is 39.9 Å². The van der Waals surface area contributed by atoms with E-state index in [-0.39, 0.29) is 13.0 Å². The predicted octanol–water partition coefficient (Wildman–Crippen LogP) is 10.8. The number of aliphatic hydroxyl groups is 5. The first-order valence-electron chi connectivity index (χ1n) is 24.8. The van der Waals surface area contributed by atoms with Crippen LogP contribution in [0.2, 0.25) is 0 Å². The number of carbonyl (C=O) groups is 1. The molecule has 0 heterocycles. The van der Waals surface area contributed by atoms with E-state index in [1.165, 1.54) is 51.4 Å². The molecule has 64 heavy (non-hydrogen) atoms. The minimum atomic E-state index is -5.03. The van der Waals surface area contributed by atoms with Crippen LogP contribution in [0, 0.1) is 0 Å². The van der Waals surface area contributed by atoms with Crippen LogP contribution >= 0.6 is 7.82 Å². The molecule has 0 aromatic carbocycles. The number of allylic oxidation sites excluding steroid dienone is 12. The van der Waals surface area contributed by atoms with E-state index in [2.05, 4.69) is 86.8 Å². The Hall–Kier alpha value is -2.22. The van der Waals surface area contributed by atoms with Gasteiger partial charge in [0.15, 0.2) is 0 Å². The summed E-state index contributed by atoms with van der Waals surface area (Å²) in [6, 6.07) is 0. The van der Waals surface area contributed by atoms with Crippen molar-refractivity contribution in [3.63, 3.8) is 0 Å². The molecule has 0 saturated heterocycles. The minimum absolute atomic E-state index is 0.0909. The van der Waals surface area contributed by atoms with Gasteiger partial charge in [-0.05, 0) is 83.5 Å². The highest BCUT2D eigenvalue weighted by Crippen LogP contribution is 2.47. The molecule has 0 bridgehead atoms. The maximum Gasteiger partial charge on any atom is 0.472 e. The predicted molar refractivity (Wildman–Crippen MR) is 258 cm³/mol. The van der Waals surface area contributed by atoms with Crippen LogP contribution in [0.4, 0.5) is 0 Å². The lowest BCUT2D eigenvalue weighted by Gasteiger charge is -2.41. The second kappa shape index (κ2) is 41.0. The second-order valence-corrected chi connectivity index (χ2v) is 18.3. The Morgan fingerprint density at radius 3 is 1.41 bits per heavy atom. The van der Waals surface area contributed by atoms with Crippen LogP contribution in [0.25, 0.3) is 0 Å². The zero-order chi connectivity index (χ0) is 46.9. The summed E-state index contributed by atoms with van der Waals surface area (Å²) >= 11 is 0. The van der Waals surface area contributed by atoms with Crippen LogP contribution in [0.1, 0.15) is 181 Å². The van der Waals surface area contributed by atoms with Crippen molar-refractivity contribution in [2.24, 2.45) is 0 Å². The lowest BCUT2D eigenvalue weighted by molar-refractivity contribution is -0.220. The molecule has 0 aliphatic heterocycles. The number of esters is 1. The molecular weight excluding hydrogens is 836 g/mol. The molecule has 0 aromatic heterocycles. The minimum Gasteiger partial charge on any atom is -0.457 e. The van der Waals surface area contributed by atoms with Gasteiger partial charge in [0.1, 0.15) is 42.7 Å². The fourth-order valence-corrected chi connectivity index (χ4v) is 8.11. The highest BCUT2D eigenvalue weighted by Gasteiger charge is 2.51. The van der Waals surface area contributed by atoms with Gasteiger partial charge in [-0.3, -0.25) is 13.8 Å². The van der Waals surface area contributed by atoms with Crippen molar-refractivity contribution in [3.05, 3.63) is 72.9 Å². The number of ether oxygens (including phenoxy) is 2. The van der Waals surface area contributed by atoms with Gasteiger partial charge in [-0.1, -0.05) is 164 Å². The van der Waals surface area contributed by atoms with E-state index in [4.69, 9.17) is 18.5 Å². The smallest absolute Gasteiger partial charge is 0.457 e. The molecular formula is C51H89O12P. The maximum absolute atomic E-state index is 12.8. The van der Waals surface area contributed by atoms with Gasteiger partial charge in [-0.25, -0.2) is 4.57 Å². The number of carbonyl (C=O) groups excluding carboxylic acids is 1. The standard InChI is InChI=1S/C51H89O12P/c1-3-5-7-9-11-13-15-17-19-21-23-24-26-28-30-32-34-36-38-40-45(52)62-44(43-61-64(58,59)63-51-49(56)47(54)46(53)48(55)50(51)57)42-60-41-39-37-35-33-31-29-27-25-22-20-18-16-14-12-10-8-6-4-2/h6,8,11-14,17-20,23-24,44,46-51,53-57H,3-5,7,9-10,15-16,21-22,25-43H2,1-2H3,(H,58,59)/b8-6-,13-11-,14-12-,19-17-,20-18-,24-23-. The molecule has 6 N–H and O–H groups in total. The zero-order valence-corrected chi connectivity index (χ0v) is 40.5. The Bertz CT molecular complexity index is 1330. The van der Waals surface area contributed by atoms with Gasteiger partial charge >= 0.3 is 13.8 Å². The first kappa shape index (κ1) is 59.8. The fraction of sp³-hybridized carbons (Fsp3) is 0.745. The summed E-state index contributed by atoms with van der Waals surface area (Å²) in [5.74, 6) is -0.495. The summed E-state index contributed by atoms with van der Waals surface area (Å²) in [7, 11) is -5.03. The third kappa shape index (κ3) is 32.5. The molecule has 1 aliphatic carbocycles. The lowest BCUT2D eigenvalue weighted by atomic mass is 9.85. The quantitative estimate of drug-likeness (QED) is 0.0147. The van der Waals surface area contributed by atoms with Crippen LogP contribution in [-0.2, 0) is 27.9 Å². The SMILES string of the molecule is CC/C=C\C/C=C\C/C=C\CCCCCCCCCCOCC(COP(=O)(O)OC1C(O)C(O)C(O)C(O)C1O)OC(=O)CCCCCCCC/C=C\C/C=C\C/C=C\CCCCC. The van der Waals surface area contributed by atoms with E-state index in [1.807, 2.05) is 0 Å². The van der Waals surface area contributed by atoms with Crippen molar-refractivity contribution in [2.45, 2.75) is 224 Å². The molecule has 1 fully saturated rings. The second-order valence-electron chi connectivity index (χ2n) is 16.9. The molecule has 13 heteroatoms. The largest absolute Gasteiger partial charge is 0.472 e. The molecule has 0 amide bonds. The monoisotopic (exact) mass is 925 g/mol. The molecule has 370 valence electrons. The summed E-state index contributed by atoms with van der Waals surface area (Å²) in [6.45, 7) is 4.09. The van der Waals surface area contributed by atoms with Crippen LogP contribution in [0.5, 0.6) is 0 Å². The van der Waals surface area contributed by atoms with Gasteiger partial charge in [0.25, 0.3) is 0 Å². The van der Waals surface area contributed by atoms with Crippen LogP contribution in [0.3, 0.4) is 0 Å². The normalized spacial score (nSPS) is 22.3. The Balaban J connectivity index is 2.38. The first-order valence-corrected chi connectivity index (χ1v) is 26.3. The average Bonchev–Trinajstić information content (AvgIpc) is 3.28. The van der Waals surface area contributed by atoms with Crippen molar-refractivity contribution >= 4 is 13.8 Å². The Morgan fingerprint density at radius 2 is 0.922 bits per heavy atom. The van der Waals surface area contributed by atoms with E-state index >= 15 is 0 Å². The van der Waals surface area contributed by atoms with Crippen molar-refractivity contribution < 1.29 is 58.3 Å². The zero-order valence-electron chi connectivity index (χ0n) is 39.6. The molecule has 1 saturated carbocycles. The molecule has 1 aliphatic rings. The summed E-state index contributed by atoms with van der Waals surface area (Å²) in [6.07, 6.45) is 41.0. The van der Waals surface area contributed by atoms with E-state index in [9.17, 15) is 39.8 Å². The number of rotatable bonds is 41. The third-order valence-electron chi connectivity index (χ3n) is 11.1. The summed E-state index contributed by atoms with van der Waals surface area (Å²) < 4.78 is 34.2. The van der Waals surface area contributed by atoms with Crippen molar-refractivity contribution in [1.82, 2.24) is 0 Å². The Labute approximate surface area is 387 Å². The average molecular weight is 925 g/mol. The van der Waals surface area contributed by atoms with Gasteiger partial charge in [0.2, 0.25) is 0 Å². The topological polar surface area (TPSA) is 192 Å². The van der Waals surface area contributed by atoms with Crippen molar-refractivity contribution in [3.8, 4) is 0 Å². The fourth-order valence-electron chi connectivity index (χ4n) is 7.14. The van der Waals surface area contributed by atoms with Gasteiger partial charge in [0.05, 0.1) is 13.2 Å². The summed E-state index contributed by atoms with van der Waals surface area (Å²) in [4.78, 5) is 23.2. The number of phosphoric ester groups is 1. The molecule has 0 radical (unpaired) electrons. The van der Waals surface area contributed by atoms with Gasteiger partial charge in [-0.15, -0.1) is 0 Å².